The SMILES string of the molecule is CCOc1ccc(C(=O)Oc2c(/C=N/NC(=O)c3ccc(NC(=O)Cc4ccccc4)cc3)cccc2[N+](=O)[O-])cc1OCC. The first-order valence-corrected chi connectivity index (χ1v) is 14.0. The number of rotatable bonds is 13. The number of hydrazone groups is 1. The third-order valence-electron chi connectivity index (χ3n) is 6.20. The maximum absolute atomic E-state index is 13.0. The van der Waals surface area contributed by atoms with E-state index in [1.165, 1.54) is 42.5 Å². The van der Waals surface area contributed by atoms with Gasteiger partial charge in [0.2, 0.25) is 11.7 Å². The number of hydrogen-bond acceptors (Lipinski definition) is 9. The van der Waals surface area contributed by atoms with Gasteiger partial charge in [0, 0.05) is 22.9 Å². The molecule has 45 heavy (non-hydrogen) atoms. The lowest BCUT2D eigenvalue weighted by Crippen LogP contribution is -2.18. The van der Waals surface area contributed by atoms with Gasteiger partial charge in [0.15, 0.2) is 11.5 Å². The lowest BCUT2D eigenvalue weighted by molar-refractivity contribution is -0.385. The van der Waals surface area contributed by atoms with Crippen LogP contribution in [0.4, 0.5) is 11.4 Å². The van der Waals surface area contributed by atoms with Crippen molar-refractivity contribution in [3.63, 3.8) is 0 Å². The predicted molar refractivity (Wildman–Crippen MR) is 167 cm³/mol. The summed E-state index contributed by atoms with van der Waals surface area (Å²) in [6, 6.07) is 23.9. The van der Waals surface area contributed by atoms with Crippen LogP contribution >= 0.6 is 0 Å². The molecule has 0 fully saturated rings. The van der Waals surface area contributed by atoms with E-state index in [-0.39, 0.29) is 34.8 Å². The highest BCUT2D eigenvalue weighted by Gasteiger charge is 2.23. The number of anilines is 1. The van der Waals surface area contributed by atoms with Gasteiger partial charge >= 0.3 is 11.7 Å². The Morgan fingerprint density at radius 2 is 1.53 bits per heavy atom. The Hall–Kier alpha value is -6.04. The first-order valence-electron chi connectivity index (χ1n) is 14.0. The average Bonchev–Trinajstić information content (AvgIpc) is 3.03. The minimum Gasteiger partial charge on any atom is -0.490 e. The van der Waals surface area contributed by atoms with Crippen LogP contribution in [0.5, 0.6) is 17.2 Å². The zero-order valence-corrected chi connectivity index (χ0v) is 24.5. The summed E-state index contributed by atoms with van der Waals surface area (Å²) in [5, 5.41) is 18.4. The number of amides is 2. The van der Waals surface area contributed by atoms with E-state index in [9.17, 15) is 24.5 Å². The van der Waals surface area contributed by atoms with E-state index < -0.39 is 22.5 Å². The molecule has 4 rings (SSSR count). The molecule has 0 saturated carbocycles. The smallest absolute Gasteiger partial charge is 0.343 e. The highest BCUT2D eigenvalue weighted by Crippen LogP contribution is 2.33. The fraction of sp³-hybridized carbons (Fsp3) is 0.152. The third kappa shape index (κ3) is 8.74. The number of ether oxygens (including phenoxy) is 3. The Morgan fingerprint density at radius 1 is 0.844 bits per heavy atom. The van der Waals surface area contributed by atoms with Crippen LogP contribution in [0.1, 0.15) is 45.7 Å². The highest BCUT2D eigenvalue weighted by molar-refractivity contribution is 5.98. The van der Waals surface area contributed by atoms with Gasteiger partial charge in [0.25, 0.3) is 5.91 Å². The monoisotopic (exact) mass is 610 g/mol. The van der Waals surface area contributed by atoms with E-state index in [0.29, 0.717) is 30.4 Å². The maximum Gasteiger partial charge on any atom is 0.343 e. The molecule has 0 atom stereocenters. The molecule has 2 amide bonds. The number of nitro groups is 1. The molecule has 0 spiro atoms. The van der Waals surface area contributed by atoms with Crippen molar-refractivity contribution in [2.45, 2.75) is 20.3 Å². The van der Waals surface area contributed by atoms with Gasteiger partial charge in [0.05, 0.1) is 36.3 Å². The largest absolute Gasteiger partial charge is 0.490 e. The van der Waals surface area contributed by atoms with E-state index in [1.807, 2.05) is 37.3 Å². The van der Waals surface area contributed by atoms with Crippen LogP contribution in [0.3, 0.4) is 0 Å². The summed E-state index contributed by atoms with van der Waals surface area (Å²) < 4.78 is 16.5. The summed E-state index contributed by atoms with van der Waals surface area (Å²) in [6.45, 7) is 4.30. The van der Waals surface area contributed by atoms with E-state index >= 15 is 0 Å². The summed E-state index contributed by atoms with van der Waals surface area (Å²) in [7, 11) is 0. The second-order valence-corrected chi connectivity index (χ2v) is 9.36. The molecule has 12 nitrogen and oxygen atoms in total. The van der Waals surface area contributed by atoms with Crippen molar-refractivity contribution >= 4 is 35.4 Å². The van der Waals surface area contributed by atoms with Gasteiger partial charge in [-0.2, -0.15) is 5.10 Å². The number of carbonyl (C=O) groups is 3. The molecule has 12 heteroatoms. The van der Waals surface area contributed by atoms with E-state index in [0.717, 1.165) is 11.8 Å². The topological polar surface area (TPSA) is 158 Å². The van der Waals surface area contributed by atoms with E-state index in [2.05, 4.69) is 15.8 Å². The number of hydrogen-bond donors (Lipinski definition) is 2. The minimum atomic E-state index is -0.872. The first kappa shape index (κ1) is 31.9. The number of nitrogens with zero attached hydrogens (tertiary/aromatic N) is 2. The van der Waals surface area contributed by atoms with Gasteiger partial charge in [-0.25, -0.2) is 10.2 Å². The number of benzene rings is 4. The molecule has 4 aromatic carbocycles. The Morgan fingerprint density at radius 3 is 2.22 bits per heavy atom. The number of carbonyl (C=O) groups excluding carboxylic acids is 3. The Balaban J connectivity index is 1.44. The van der Waals surface area contributed by atoms with Crippen LogP contribution in [0, 0.1) is 10.1 Å². The average molecular weight is 611 g/mol. The van der Waals surface area contributed by atoms with E-state index in [1.54, 1.807) is 25.1 Å². The summed E-state index contributed by atoms with van der Waals surface area (Å²) in [6.07, 6.45) is 1.34. The van der Waals surface area contributed by atoms with Gasteiger partial charge < -0.3 is 19.5 Å². The number of nitrogens with one attached hydrogen (secondary N) is 2. The third-order valence-corrected chi connectivity index (χ3v) is 6.20. The molecule has 0 aromatic heterocycles. The summed E-state index contributed by atoms with van der Waals surface area (Å²) in [5.41, 5.74) is 3.66. The Kier molecular flexibility index (Phi) is 10.9. The highest BCUT2D eigenvalue weighted by atomic mass is 16.6. The standard InChI is InChI=1S/C33H30N4O8/c1-3-43-28-18-15-24(20-29(28)44-4-2)33(40)45-31-25(11-8-12-27(31)37(41)42)21-34-36-32(39)23-13-16-26(17-14-23)35-30(38)19-22-9-6-5-7-10-22/h5-18,20-21H,3-4,19H2,1-2H3,(H,35,38)(H,36,39)/b34-21+. The second-order valence-electron chi connectivity index (χ2n) is 9.36. The van der Waals surface area contributed by atoms with Crippen molar-refractivity contribution in [1.29, 1.82) is 0 Å². The molecule has 0 saturated heterocycles. The molecule has 4 aromatic rings. The second kappa shape index (κ2) is 15.4. The van der Waals surface area contributed by atoms with Crippen LogP contribution in [0.15, 0.2) is 96.1 Å². The van der Waals surface area contributed by atoms with Gasteiger partial charge in [-0.1, -0.05) is 36.4 Å². The molecule has 0 heterocycles. The fourth-order valence-corrected chi connectivity index (χ4v) is 4.14. The van der Waals surface area contributed by atoms with Crippen molar-refractivity contribution in [2.75, 3.05) is 18.5 Å². The molecular weight excluding hydrogens is 580 g/mol. The van der Waals surface area contributed by atoms with Gasteiger partial charge in [0.1, 0.15) is 0 Å². The molecule has 0 aliphatic heterocycles. The van der Waals surface area contributed by atoms with Gasteiger partial charge in [-0.15, -0.1) is 0 Å². The fourth-order valence-electron chi connectivity index (χ4n) is 4.14. The molecular formula is C33H30N4O8. The summed E-state index contributed by atoms with van der Waals surface area (Å²) in [5.74, 6) is -1.24. The first-order chi connectivity index (χ1) is 21.8. The van der Waals surface area contributed by atoms with Crippen LogP contribution in [0.25, 0.3) is 0 Å². The number of para-hydroxylation sites is 1. The summed E-state index contributed by atoms with van der Waals surface area (Å²) >= 11 is 0. The van der Waals surface area contributed by atoms with E-state index in [4.69, 9.17) is 14.2 Å². The number of nitro benzene ring substituents is 1. The number of esters is 1. The summed E-state index contributed by atoms with van der Waals surface area (Å²) in [4.78, 5) is 49.1. The van der Waals surface area contributed by atoms with Crippen LogP contribution in [-0.4, -0.2) is 42.1 Å². The van der Waals surface area contributed by atoms with Gasteiger partial charge in [-0.05, 0) is 67.9 Å². The molecule has 0 bridgehead atoms. The van der Waals surface area contributed by atoms with Crippen molar-refractivity contribution in [2.24, 2.45) is 5.10 Å². The lowest BCUT2D eigenvalue weighted by Gasteiger charge is -2.12. The van der Waals surface area contributed by atoms with Crippen molar-refractivity contribution in [1.82, 2.24) is 5.43 Å². The zero-order valence-electron chi connectivity index (χ0n) is 24.5. The van der Waals surface area contributed by atoms with Crippen LogP contribution < -0.4 is 25.0 Å². The Labute approximate surface area is 258 Å². The zero-order chi connectivity index (χ0) is 32.2. The van der Waals surface area contributed by atoms with Crippen LogP contribution in [0.2, 0.25) is 0 Å². The quantitative estimate of drug-likeness (QED) is 0.0655. The van der Waals surface area contributed by atoms with Crippen LogP contribution in [-0.2, 0) is 11.2 Å². The van der Waals surface area contributed by atoms with Crippen molar-refractivity contribution < 1.29 is 33.5 Å². The lowest BCUT2D eigenvalue weighted by atomic mass is 10.1. The van der Waals surface area contributed by atoms with Gasteiger partial charge in [-0.3, -0.25) is 19.7 Å². The Bertz CT molecular complexity index is 1710. The molecule has 2 N–H and O–H groups in total. The van der Waals surface area contributed by atoms with Crippen molar-refractivity contribution in [3.8, 4) is 17.2 Å². The molecule has 0 aliphatic carbocycles. The maximum atomic E-state index is 13.0. The predicted octanol–water partition coefficient (Wildman–Crippen LogP) is 5.56. The normalized spacial score (nSPS) is 10.6. The molecule has 230 valence electrons. The minimum absolute atomic E-state index is 0.0743. The molecule has 0 radical (unpaired) electrons. The molecule has 0 unspecified atom stereocenters. The molecule has 0 aliphatic rings. The van der Waals surface area contributed by atoms with Crippen molar-refractivity contribution in [3.05, 3.63) is 123 Å².